The van der Waals surface area contributed by atoms with Crippen LogP contribution in [0, 0.1) is 0 Å². The molecule has 0 radical (unpaired) electrons. The SMILES string of the molecule is CNC(=O)c1cccc(-c2ccc3c(N4C5CCC4COC5)nc(N4CCOCC4)nc3n2)c1. The Morgan fingerprint density at radius 1 is 1.00 bits per heavy atom. The Hall–Kier alpha value is -3.30. The van der Waals surface area contributed by atoms with Crippen molar-refractivity contribution in [2.75, 3.05) is 56.4 Å². The number of fused-ring (bicyclic) bond motifs is 3. The van der Waals surface area contributed by atoms with E-state index in [9.17, 15) is 4.79 Å². The van der Waals surface area contributed by atoms with Crippen LogP contribution in [0.1, 0.15) is 23.2 Å². The molecule has 3 aromatic rings. The predicted octanol–water partition coefficient (Wildman–Crippen LogP) is 2.26. The molecule has 2 bridgehead atoms. The van der Waals surface area contributed by atoms with E-state index in [1.807, 2.05) is 24.3 Å². The van der Waals surface area contributed by atoms with E-state index in [2.05, 4.69) is 21.2 Å². The molecule has 9 heteroatoms. The number of hydrogen-bond donors (Lipinski definition) is 1. The molecule has 3 saturated heterocycles. The van der Waals surface area contributed by atoms with Crippen molar-refractivity contribution in [3.05, 3.63) is 42.0 Å². The largest absolute Gasteiger partial charge is 0.378 e. The summed E-state index contributed by atoms with van der Waals surface area (Å²) in [5, 5.41) is 3.63. The van der Waals surface area contributed by atoms with Crippen LogP contribution in [0.2, 0.25) is 0 Å². The number of nitrogens with one attached hydrogen (secondary N) is 1. The van der Waals surface area contributed by atoms with Crippen molar-refractivity contribution in [3.8, 4) is 11.3 Å². The molecule has 1 amide bonds. The van der Waals surface area contributed by atoms with Gasteiger partial charge in [-0.1, -0.05) is 12.1 Å². The fourth-order valence-electron chi connectivity index (χ4n) is 5.18. The highest BCUT2D eigenvalue weighted by molar-refractivity contribution is 5.95. The first-order chi connectivity index (χ1) is 16.7. The van der Waals surface area contributed by atoms with Crippen LogP contribution in [0.15, 0.2) is 36.4 Å². The molecule has 1 aromatic carbocycles. The van der Waals surface area contributed by atoms with Crippen molar-refractivity contribution in [2.45, 2.75) is 24.9 Å². The molecule has 1 N–H and O–H groups in total. The molecule has 176 valence electrons. The van der Waals surface area contributed by atoms with E-state index in [4.69, 9.17) is 24.4 Å². The lowest BCUT2D eigenvalue weighted by Gasteiger charge is -2.37. The van der Waals surface area contributed by atoms with Crippen LogP contribution in [0.5, 0.6) is 0 Å². The fourth-order valence-corrected chi connectivity index (χ4v) is 5.18. The van der Waals surface area contributed by atoms with Gasteiger partial charge in [-0.3, -0.25) is 4.79 Å². The third-order valence-electron chi connectivity index (χ3n) is 6.95. The molecule has 34 heavy (non-hydrogen) atoms. The summed E-state index contributed by atoms with van der Waals surface area (Å²) in [4.78, 5) is 31.7. The van der Waals surface area contributed by atoms with Crippen LogP contribution in [-0.2, 0) is 9.47 Å². The Labute approximate surface area is 198 Å². The Bertz CT molecular complexity index is 1210. The number of hydrogen-bond acceptors (Lipinski definition) is 8. The van der Waals surface area contributed by atoms with Crippen LogP contribution < -0.4 is 15.1 Å². The zero-order valence-corrected chi connectivity index (χ0v) is 19.2. The Morgan fingerprint density at radius 2 is 1.79 bits per heavy atom. The van der Waals surface area contributed by atoms with Gasteiger partial charge in [0.25, 0.3) is 5.91 Å². The molecular weight excluding hydrogens is 432 g/mol. The molecule has 5 heterocycles. The number of benzene rings is 1. The highest BCUT2D eigenvalue weighted by Crippen LogP contribution is 2.37. The van der Waals surface area contributed by atoms with Gasteiger partial charge in [-0.05, 0) is 37.1 Å². The third-order valence-corrected chi connectivity index (χ3v) is 6.95. The van der Waals surface area contributed by atoms with Crippen molar-refractivity contribution in [3.63, 3.8) is 0 Å². The minimum atomic E-state index is -0.121. The summed E-state index contributed by atoms with van der Waals surface area (Å²) < 4.78 is 11.4. The van der Waals surface area contributed by atoms with E-state index in [-0.39, 0.29) is 5.91 Å². The molecule has 0 saturated carbocycles. The van der Waals surface area contributed by atoms with Crippen LogP contribution in [0.25, 0.3) is 22.3 Å². The smallest absolute Gasteiger partial charge is 0.251 e. The summed E-state index contributed by atoms with van der Waals surface area (Å²) in [7, 11) is 1.63. The number of aromatic nitrogens is 3. The lowest BCUT2D eigenvalue weighted by Crippen LogP contribution is -2.46. The van der Waals surface area contributed by atoms with Gasteiger partial charge in [0.15, 0.2) is 5.65 Å². The van der Waals surface area contributed by atoms with Crippen molar-refractivity contribution in [1.82, 2.24) is 20.3 Å². The molecule has 9 nitrogen and oxygen atoms in total. The number of amides is 1. The zero-order valence-electron chi connectivity index (χ0n) is 19.2. The quantitative estimate of drug-likeness (QED) is 0.634. The van der Waals surface area contributed by atoms with Gasteiger partial charge in [0.1, 0.15) is 5.82 Å². The molecule has 2 unspecified atom stereocenters. The van der Waals surface area contributed by atoms with Gasteiger partial charge in [0.2, 0.25) is 5.95 Å². The summed E-state index contributed by atoms with van der Waals surface area (Å²) in [6.07, 6.45) is 2.22. The number of carbonyl (C=O) groups excluding carboxylic acids is 1. The van der Waals surface area contributed by atoms with Crippen LogP contribution in [-0.4, -0.2) is 79.5 Å². The first-order valence-electron chi connectivity index (χ1n) is 11.9. The Balaban J connectivity index is 1.47. The molecule has 0 spiro atoms. The predicted molar refractivity (Wildman–Crippen MR) is 129 cm³/mol. The minimum Gasteiger partial charge on any atom is -0.378 e. The lowest BCUT2D eigenvalue weighted by atomic mass is 10.1. The molecule has 0 aliphatic carbocycles. The van der Waals surface area contributed by atoms with Gasteiger partial charge >= 0.3 is 0 Å². The van der Waals surface area contributed by atoms with Crippen LogP contribution in [0.4, 0.5) is 11.8 Å². The highest BCUT2D eigenvalue weighted by Gasteiger charge is 2.39. The maximum atomic E-state index is 12.1. The number of morpholine rings is 2. The van der Waals surface area contributed by atoms with Crippen LogP contribution in [0.3, 0.4) is 0 Å². The van der Waals surface area contributed by atoms with E-state index in [1.54, 1.807) is 13.1 Å². The first kappa shape index (κ1) is 21.2. The van der Waals surface area contributed by atoms with E-state index in [1.165, 1.54) is 0 Å². The second-order valence-electron chi connectivity index (χ2n) is 9.00. The summed E-state index contributed by atoms with van der Waals surface area (Å²) >= 11 is 0. The number of ether oxygens (including phenoxy) is 2. The molecular formula is C25H28N6O3. The van der Waals surface area contributed by atoms with Gasteiger partial charge in [-0.25, -0.2) is 4.98 Å². The minimum absolute atomic E-state index is 0.121. The van der Waals surface area contributed by atoms with Crippen molar-refractivity contribution < 1.29 is 14.3 Å². The molecule has 6 rings (SSSR count). The second kappa shape index (κ2) is 8.81. The summed E-state index contributed by atoms with van der Waals surface area (Å²) in [6, 6.07) is 12.2. The van der Waals surface area contributed by atoms with Crippen LogP contribution >= 0.6 is 0 Å². The first-order valence-corrected chi connectivity index (χ1v) is 11.9. The van der Waals surface area contributed by atoms with Gasteiger partial charge in [-0.2, -0.15) is 9.97 Å². The Morgan fingerprint density at radius 3 is 2.56 bits per heavy atom. The van der Waals surface area contributed by atoms with Gasteiger partial charge in [-0.15, -0.1) is 0 Å². The number of anilines is 2. The molecule has 3 aliphatic heterocycles. The van der Waals surface area contributed by atoms with E-state index in [0.29, 0.717) is 42.5 Å². The lowest BCUT2D eigenvalue weighted by molar-refractivity contribution is 0.0903. The van der Waals surface area contributed by atoms with Gasteiger partial charge in [0.05, 0.1) is 49.6 Å². The third kappa shape index (κ3) is 3.74. The monoisotopic (exact) mass is 460 g/mol. The average molecular weight is 461 g/mol. The molecule has 2 aromatic heterocycles. The number of rotatable bonds is 4. The standard InChI is InChI=1S/C25H28N6O3/c1-26-24(32)17-4-2-3-16(13-17)21-8-7-20-22(27-21)28-25(30-9-11-33-12-10-30)29-23(20)31-18-5-6-19(31)15-34-14-18/h2-4,7-8,13,18-19H,5-6,9-12,14-15H2,1H3,(H,26,32). The summed E-state index contributed by atoms with van der Waals surface area (Å²) in [6.45, 7) is 4.31. The molecule has 3 aliphatic rings. The average Bonchev–Trinajstić information content (AvgIpc) is 3.14. The maximum absolute atomic E-state index is 12.1. The van der Waals surface area contributed by atoms with Crippen molar-refractivity contribution in [2.24, 2.45) is 0 Å². The molecule has 3 fully saturated rings. The van der Waals surface area contributed by atoms with Gasteiger partial charge in [0, 0.05) is 31.3 Å². The van der Waals surface area contributed by atoms with Gasteiger partial charge < -0.3 is 24.6 Å². The second-order valence-corrected chi connectivity index (χ2v) is 9.00. The van der Waals surface area contributed by atoms with E-state index < -0.39 is 0 Å². The fraction of sp³-hybridized carbons (Fsp3) is 0.440. The summed E-state index contributed by atoms with van der Waals surface area (Å²) in [5.74, 6) is 1.52. The van der Waals surface area contributed by atoms with E-state index >= 15 is 0 Å². The number of nitrogens with zero attached hydrogens (tertiary/aromatic N) is 5. The molecule has 2 atom stereocenters. The number of pyridine rings is 1. The Kier molecular flexibility index (Phi) is 5.50. The summed E-state index contributed by atoms with van der Waals surface area (Å²) in [5.41, 5.74) is 2.92. The van der Waals surface area contributed by atoms with E-state index in [0.717, 1.165) is 61.6 Å². The zero-order chi connectivity index (χ0) is 23.1. The van der Waals surface area contributed by atoms with Crippen molar-refractivity contribution >= 4 is 28.7 Å². The van der Waals surface area contributed by atoms with Crippen molar-refractivity contribution in [1.29, 1.82) is 0 Å². The topological polar surface area (TPSA) is 92.7 Å². The normalized spacial score (nSPS) is 22.3. The number of carbonyl (C=O) groups is 1. The highest BCUT2D eigenvalue weighted by atomic mass is 16.5. The maximum Gasteiger partial charge on any atom is 0.251 e.